The van der Waals surface area contributed by atoms with E-state index < -0.39 is 0 Å². The average molecular weight is 452 g/mol. The van der Waals surface area contributed by atoms with Crippen molar-refractivity contribution < 1.29 is 18.7 Å². The van der Waals surface area contributed by atoms with Crippen LogP contribution in [0.5, 0.6) is 0 Å². The lowest BCUT2D eigenvalue weighted by atomic mass is 10.00. The Morgan fingerprint density at radius 1 is 1.22 bits per heavy atom. The molecular formula is C24H25N3O4S. The van der Waals surface area contributed by atoms with Crippen molar-refractivity contribution in [1.82, 2.24) is 9.91 Å². The van der Waals surface area contributed by atoms with Crippen LogP contribution in [-0.4, -0.2) is 54.2 Å². The fourth-order valence-electron chi connectivity index (χ4n) is 3.63. The topological polar surface area (TPSA) is 75.3 Å². The molecule has 0 bridgehead atoms. The molecule has 3 aromatic rings. The van der Waals surface area contributed by atoms with Gasteiger partial charge in [0.15, 0.2) is 5.76 Å². The van der Waals surface area contributed by atoms with Gasteiger partial charge in [-0.05, 0) is 36.1 Å². The third kappa shape index (κ3) is 4.81. The highest BCUT2D eigenvalue weighted by Gasteiger charge is 2.35. The number of aryl methyl sites for hydroxylation is 1. The Hall–Kier alpha value is -3.23. The fourth-order valence-corrected chi connectivity index (χ4v) is 4.35. The average Bonchev–Trinajstić information content (AvgIpc) is 3.57. The normalized spacial score (nSPS) is 15.6. The maximum Gasteiger partial charge on any atom is 0.290 e. The van der Waals surface area contributed by atoms with Crippen molar-refractivity contribution in [1.29, 1.82) is 0 Å². The first-order chi connectivity index (χ1) is 15.6. The minimum absolute atomic E-state index is 0.119. The summed E-state index contributed by atoms with van der Waals surface area (Å²) in [5.74, 6) is -0.416. The second kappa shape index (κ2) is 9.93. The van der Waals surface area contributed by atoms with E-state index >= 15 is 0 Å². The SMILES string of the molecule is COCCN(CC(=O)N1N=C(c2cccs2)CC1c1ccc(C)cc1)C(=O)c1ccco1. The van der Waals surface area contributed by atoms with Gasteiger partial charge in [-0.3, -0.25) is 9.59 Å². The molecule has 1 aliphatic rings. The van der Waals surface area contributed by atoms with Gasteiger partial charge in [-0.2, -0.15) is 5.10 Å². The molecule has 1 aromatic carbocycles. The van der Waals surface area contributed by atoms with Gasteiger partial charge in [0.25, 0.3) is 11.8 Å². The first-order valence-corrected chi connectivity index (χ1v) is 11.3. The Morgan fingerprint density at radius 2 is 2.03 bits per heavy atom. The van der Waals surface area contributed by atoms with Gasteiger partial charge in [0.2, 0.25) is 0 Å². The largest absolute Gasteiger partial charge is 0.459 e. The molecule has 4 rings (SSSR count). The summed E-state index contributed by atoms with van der Waals surface area (Å²) in [5.41, 5.74) is 3.04. The lowest BCUT2D eigenvalue weighted by molar-refractivity contribution is -0.133. The van der Waals surface area contributed by atoms with Gasteiger partial charge in [0.1, 0.15) is 6.54 Å². The number of furan rings is 1. The number of carbonyl (C=O) groups is 2. The molecule has 7 nitrogen and oxygen atoms in total. The van der Waals surface area contributed by atoms with Crippen molar-refractivity contribution in [2.24, 2.45) is 5.10 Å². The molecule has 0 aliphatic carbocycles. The van der Waals surface area contributed by atoms with Crippen LogP contribution in [0.4, 0.5) is 0 Å². The van der Waals surface area contributed by atoms with Crippen LogP contribution in [0.15, 0.2) is 69.7 Å². The lowest BCUT2D eigenvalue weighted by Gasteiger charge is -2.26. The van der Waals surface area contributed by atoms with E-state index in [0.29, 0.717) is 13.0 Å². The molecule has 0 N–H and O–H groups in total. The Balaban J connectivity index is 1.59. The van der Waals surface area contributed by atoms with E-state index in [4.69, 9.17) is 9.15 Å². The summed E-state index contributed by atoms with van der Waals surface area (Å²) in [7, 11) is 1.56. The number of methoxy groups -OCH3 is 1. The highest BCUT2D eigenvalue weighted by atomic mass is 32.1. The van der Waals surface area contributed by atoms with Crippen molar-refractivity contribution >= 4 is 28.9 Å². The predicted molar refractivity (Wildman–Crippen MR) is 123 cm³/mol. The smallest absolute Gasteiger partial charge is 0.290 e. The van der Waals surface area contributed by atoms with Crippen LogP contribution in [0, 0.1) is 6.92 Å². The number of hydrogen-bond donors (Lipinski definition) is 0. The zero-order valence-electron chi connectivity index (χ0n) is 18.1. The van der Waals surface area contributed by atoms with E-state index in [1.165, 1.54) is 16.2 Å². The van der Waals surface area contributed by atoms with Gasteiger partial charge >= 0.3 is 0 Å². The summed E-state index contributed by atoms with van der Waals surface area (Å²) in [6, 6.07) is 15.1. The minimum atomic E-state index is -0.353. The third-order valence-electron chi connectivity index (χ3n) is 5.34. The molecule has 2 aromatic heterocycles. The summed E-state index contributed by atoms with van der Waals surface area (Å²) in [6.07, 6.45) is 2.06. The fraction of sp³-hybridized carbons (Fsp3) is 0.292. The Bertz CT molecular complexity index is 1080. The quantitative estimate of drug-likeness (QED) is 0.516. The highest BCUT2D eigenvalue weighted by molar-refractivity contribution is 7.12. The molecule has 166 valence electrons. The Morgan fingerprint density at radius 3 is 2.69 bits per heavy atom. The number of carbonyl (C=O) groups excluding carboxylic acids is 2. The first kappa shape index (κ1) is 22.0. The highest BCUT2D eigenvalue weighted by Crippen LogP contribution is 2.34. The van der Waals surface area contributed by atoms with E-state index in [2.05, 4.69) is 5.10 Å². The monoisotopic (exact) mass is 451 g/mol. The maximum atomic E-state index is 13.4. The van der Waals surface area contributed by atoms with Gasteiger partial charge in [0.05, 0.1) is 29.5 Å². The number of hydrogen-bond acceptors (Lipinski definition) is 6. The molecule has 0 spiro atoms. The van der Waals surface area contributed by atoms with Crippen LogP contribution < -0.4 is 0 Å². The molecule has 3 heterocycles. The summed E-state index contributed by atoms with van der Waals surface area (Å²) in [6.45, 7) is 2.49. The molecule has 0 saturated carbocycles. The molecule has 0 radical (unpaired) electrons. The third-order valence-corrected chi connectivity index (χ3v) is 6.26. The molecule has 1 atom stereocenters. The van der Waals surface area contributed by atoms with Gasteiger partial charge in [-0.1, -0.05) is 35.9 Å². The number of benzene rings is 1. The number of thiophene rings is 1. The van der Waals surface area contributed by atoms with E-state index in [1.54, 1.807) is 30.6 Å². The van der Waals surface area contributed by atoms with E-state index in [9.17, 15) is 9.59 Å². The molecule has 32 heavy (non-hydrogen) atoms. The molecule has 1 aliphatic heterocycles. The van der Waals surface area contributed by atoms with Gasteiger partial charge < -0.3 is 14.1 Å². The van der Waals surface area contributed by atoms with Crippen molar-refractivity contribution in [2.45, 2.75) is 19.4 Å². The predicted octanol–water partition coefficient (Wildman–Crippen LogP) is 4.12. The lowest BCUT2D eigenvalue weighted by Crippen LogP contribution is -2.42. The minimum Gasteiger partial charge on any atom is -0.459 e. The molecule has 2 amide bonds. The number of ether oxygens (including phenoxy) is 1. The number of amides is 2. The summed E-state index contributed by atoms with van der Waals surface area (Å²) >= 11 is 1.60. The number of rotatable bonds is 8. The molecule has 0 saturated heterocycles. The van der Waals surface area contributed by atoms with E-state index in [0.717, 1.165) is 21.7 Å². The molecule has 8 heteroatoms. The van der Waals surface area contributed by atoms with Crippen molar-refractivity contribution in [3.8, 4) is 0 Å². The van der Waals surface area contributed by atoms with Crippen LogP contribution in [0.2, 0.25) is 0 Å². The summed E-state index contributed by atoms with van der Waals surface area (Å²) in [4.78, 5) is 28.8. The zero-order valence-corrected chi connectivity index (χ0v) is 18.9. The maximum absolute atomic E-state index is 13.4. The number of nitrogens with zero attached hydrogens (tertiary/aromatic N) is 3. The number of hydrazone groups is 1. The zero-order chi connectivity index (χ0) is 22.5. The van der Waals surface area contributed by atoms with Crippen molar-refractivity contribution in [3.05, 3.63) is 81.9 Å². The van der Waals surface area contributed by atoms with Crippen LogP contribution in [0.25, 0.3) is 0 Å². The molecule has 0 fully saturated rings. The van der Waals surface area contributed by atoms with Crippen LogP contribution in [-0.2, 0) is 9.53 Å². The van der Waals surface area contributed by atoms with Crippen LogP contribution >= 0.6 is 11.3 Å². The Kier molecular flexibility index (Phi) is 6.82. The second-order valence-electron chi connectivity index (χ2n) is 7.59. The van der Waals surface area contributed by atoms with Crippen LogP contribution in [0.3, 0.4) is 0 Å². The first-order valence-electron chi connectivity index (χ1n) is 10.4. The standard InChI is InChI=1S/C24H25N3O4S/c1-17-7-9-18(10-8-17)20-15-19(22-6-4-14-32-22)25-27(20)23(28)16-26(11-13-30-2)24(29)21-5-3-12-31-21/h3-10,12,14,20H,11,13,15-16H2,1-2H3. The second-order valence-corrected chi connectivity index (χ2v) is 8.54. The van der Waals surface area contributed by atoms with E-state index in [-0.39, 0.29) is 36.7 Å². The van der Waals surface area contributed by atoms with Gasteiger partial charge in [-0.15, -0.1) is 11.3 Å². The van der Waals surface area contributed by atoms with Gasteiger partial charge in [0, 0.05) is 20.1 Å². The van der Waals surface area contributed by atoms with Crippen molar-refractivity contribution in [3.63, 3.8) is 0 Å². The summed E-state index contributed by atoms with van der Waals surface area (Å²) in [5, 5.41) is 8.20. The van der Waals surface area contributed by atoms with E-state index in [1.807, 2.05) is 48.7 Å². The van der Waals surface area contributed by atoms with Crippen LogP contribution in [0.1, 0.15) is 39.0 Å². The van der Waals surface area contributed by atoms with Gasteiger partial charge in [-0.25, -0.2) is 5.01 Å². The summed E-state index contributed by atoms with van der Waals surface area (Å²) < 4.78 is 10.4. The van der Waals surface area contributed by atoms with Crippen molar-refractivity contribution in [2.75, 3.05) is 26.8 Å². The molecule has 1 unspecified atom stereocenters. The molecular weight excluding hydrogens is 426 g/mol. The Labute approximate surface area is 190 Å².